The molecule has 0 amide bonds. The van der Waals surface area contributed by atoms with Crippen molar-refractivity contribution in [3.05, 3.63) is 96.1 Å². The fourth-order valence-corrected chi connectivity index (χ4v) is 8.89. The minimum Gasteiger partial charge on any atom is -0.461 e. The number of nitrogens with zero attached hydrogens (tertiary/aromatic N) is 2. The van der Waals surface area contributed by atoms with Crippen molar-refractivity contribution in [1.82, 2.24) is 26.6 Å². The highest BCUT2D eigenvalue weighted by Gasteiger charge is 2.29. The van der Waals surface area contributed by atoms with E-state index >= 15 is 0 Å². The second-order valence-electron chi connectivity index (χ2n) is 18.7. The maximum atomic E-state index is 12.1. The van der Waals surface area contributed by atoms with E-state index in [0.717, 1.165) is 132 Å². The van der Waals surface area contributed by atoms with E-state index in [0.29, 0.717) is 57.6 Å². The lowest BCUT2D eigenvalue weighted by molar-refractivity contribution is -0.145. The van der Waals surface area contributed by atoms with Gasteiger partial charge >= 0.3 is 0 Å². The third-order valence-electron chi connectivity index (χ3n) is 12.6. The van der Waals surface area contributed by atoms with E-state index in [1.54, 1.807) is 6.21 Å². The van der Waals surface area contributed by atoms with Crippen molar-refractivity contribution in [3.63, 3.8) is 0 Å². The molecule has 0 fully saturated rings. The molecule has 0 aliphatic heterocycles. The van der Waals surface area contributed by atoms with Crippen molar-refractivity contribution in [1.29, 1.82) is 0 Å². The highest BCUT2D eigenvalue weighted by molar-refractivity contribution is 7.62. The van der Waals surface area contributed by atoms with Gasteiger partial charge in [-0.3, -0.25) is 24.7 Å². The van der Waals surface area contributed by atoms with Gasteiger partial charge in [-0.2, -0.15) is 5.10 Å². The normalized spacial score (nSPS) is 12.9. The Bertz CT molecular complexity index is 1840. The third-order valence-corrected chi connectivity index (χ3v) is 13.9. The minimum absolute atomic E-state index is 0.238. The maximum absolute atomic E-state index is 12.1. The Morgan fingerprint density at radius 1 is 0.787 bits per heavy atom. The van der Waals surface area contributed by atoms with Crippen LogP contribution in [0, 0.1) is 0 Å². The molecule has 14 nitrogen and oxygen atoms in total. The van der Waals surface area contributed by atoms with Gasteiger partial charge in [0.1, 0.15) is 24.5 Å². The summed E-state index contributed by atoms with van der Waals surface area (Å²) in [5.41, 5.74) is 4.56. The molecule has 0 saturated carbocycles. The van der Waals surface area contributed by atoms with Crippen molar-refractivity contribution in [2.75, 3.05) is 52.9 Å². The smallest absolute Gasteiger partial charge is 0.293 e. The first-order valence-corrected chi connectivity index (χ1v) is 30.2. The highest BCUT2D eigenvalue weighted by Crippen LogP contribution is 2.49. The number of nitrogens with one attached hydrogen (secondary N) is 5. The molecule has 2 rings (SSSR count). The number of hydrogen-bond acceptors (Lipinski definition) is 14. The van der Waals surface area contributed by atoms with Crippen LogP contribution < -0.4 is 32.4 Å². The molecule has 15 heteroatoms. The van der Waals surface area contributed by atoms with Gasteiger partial charge < -0.3 is 41.6 Å². The van der Waals surface area contributed by atoms with Crippen molar-refractivity contribution in [2.24, 2.45) is 15.9 Å². The molecule has 2 aromatic carbocycles. The molecular formula is C60H107N8O6P. The van der Waals surface area contributed by atoms with Crippen molar-refractivity contribution < 1.29 is 28.9 Å². The maximum Gasteiger partial charge on any atom is 0.293 e. The Morgan fingerprint density at radius 3 is 1.95 bits per heavy atom. The van der Waals surface area contributed by atoms with E-state index in [1.807, 2.05) is 88.5 Å². The van der Waals surface area contributed by atoms with Crippen LogP contribution in [0.15, 0.2) is 89.5 Å². The molecule has 0 radical (unpaired) electrons. The predicted molar refractivity (Wildman–Crippen MR) is 323 cm³/mol. The molecule has 0 bridgehead atoms. The molecule has 9 N–H and O–H groups in total. The summed E-state index contributed by atoms with van der Waals surface area (Å²) in [5, 5.41) is 19.9. The quantitative estimate of drug-likeness (QED) is 0.00593. The fraction of sp³-hybridized carbons (Fsp3) is 0.633. The number of hydrogen-bond donors (Lipinski definition) is 8. The number of benzene rings is 2. The van der Waals surface area contributed by atoms with E-state index in [4.69, 9.17) is 10.6 Å². The summed E-state index contributed by atoms with van der Waals surface area (Å²) in [6.45, 7) is 28.5. The van der Waals surface area contributed by atoms with Gasteiger partial charge in [-0.15, -0.1) is 6.58 Å². The van der Waals surface area contributed by atoms with Crippen LogP contribution >= 0.6 is 7.34 Å². The summed E-state index contributed by atoms with van der Waals surface area (Å²) in [4.78, 5) is 59.7. The molecule has 428 valence electrons. The topological polar surface area (TPSA) is 212 Å². The molecule has 0 saturated heterocycles. The number of hydrazone groups is 1. The van der Waals surface area contributed by atoms with Gasteiger partial charge in [0.05, 0.1) is 18.0 Å². The van der Waals surface area contributed by atoms with Gasteiger partial charge in [-0.25, -0.2) is 0 Å². The summed E-state index contributed by atoms with van der Waals surface area (Å²) in [6.07, 6.45) is 24.8. The van der Waals surface area contributed by atoms with E-state index in [2.05, 4.69) is 83.8 Å². The molecule has 0 spiro atoms. The van der Waals surface area contributed by atoms with Gasteiger partial charge in [-0.05, 0) is 114 Å². The zero-order chi connectivity index (χ0) is 56.4. The summed E-state index contributed by atoms with van der Waals surface area (Å²) >= 11 is 0. The van der Waals surface area contributed by atoms with Crippen molar-refractivity contribution in [2.45, 2.75) is 194 Å². The van der Waals surface area contributed by atoms with E-state index in [9.17, 15) is 24.2 Å². The fourth-order valence-electron chi connectivity index (χ4n) is 7.86. The molecule has 3 unspecified atom stereocenters. The Labute approximate surface area is 456 Å². The van der Waals surface area contributed by atoms with Crippen molar-refractivity contribution in [3.8, 4) is 0 Å². The first-order valence-electron chi connectivity index (χ1n) is 28.3. The molecule has 0 aliphatic carbocycles. The summed E-state index contributed by atoms with van der Waals surface area (Å²) in [6, 6.07) is 17.9. The van der Waals surface area contributed by atoms with Crippen LogP contribution in [0.1, 0.15) is 187 Å². The third kappa shape index (κ3) is 39.9. The molecule has 3 atom stereocenters. The number of likely N-dealkylation sites (N-methyl/N-ethyl adjacent to an activating group) is 2. The molecule has 2 aromatic rings. The minimum atomic E-state index is -3.41. The average Bonchev–Trinajstić information content (AvgIpc) is 3.41. The lowest BCUT2D eigenvalue weighted by Crippen LogP contribution is -2.39. The van der Waals surface area contributed by atoms with Gasteiger partial charge in [-0.1, -0.05) is 166 Å². The van der Waals surface area contributed by atoms with Gasteiger partial charge in [0.25, 0.3) is 6.47 Å². The Hall–Kier alpha value is -4.11. The predicted octanol–water partition coefficient (Wildman–Crippen LogP) is 10.9. The van der Waals surface area contributed by atoms with Crippen LogP contribution in [0.5, 0.6) is 0 Å². The highest BCUT2D eigenvalue weighted by atomic mass is 31.2. The number of nitrogens with two attached hydrogens (primary N) is 1. The standard InChI is InChI=1S/C36H56N5O3P.C16H32N2O3.C6H13N.C2H6/c1-4-33(39-5-2)25-26-35(42)18-14-9-7-6-8-10-15-27-38-29-34(41-37)24-21-30-19-22-32(23-20-30)36(45(3,43)44)40-28-31-16-12-11-13-17-31;1-4-7-8-15(20)13-18-12-10-16(5-2,21-14-19)9-11-17-6-3;1-4-6(2)5-7-3;1-2/h4,11-13,16-17,19-20,22-23,29,33,36,39-40,43-44H,1,3,5-10,14-15,18,21,24-28,37H2,2H3;14,17-18H,4-13H2,1-3H3;7H,2,4-5H2,1,3H3;1-2H3/b38-29?,41-34-;;;. The number of ketones is 2. The second-order valence-corrected chi connectivity index (χ2v) is 20.8. The van der Waals surface area contributed by atoms with Crippen LogP contribution in [0.25, 0.3) is 0 Å². The lowest BCUT2D eigenvalue weighted by Gasteiger charge is -2.31. The molecule has 0 heterocycles. The Kier molecular flexibility index (Phi) is 48.1. The number of rotatable bonds is 43. The number of aryl methyl sites for hydroxylation is 1. The average molecular weight is 1070 g/mol. The number of carbonyl (C=O) groups excluding carboxylic acids is 3. The Balaban J connectivity index is 0. The number of Topliss-reactive ketones (excluding diaryl/α,β-unsaturated/α-hetero) is 2. The zero-order valence-electron chi connectivity index (χ0n) is 48.2. The lowest BCUT2D eigenvalue weighted by atomic mass is 9.92. The zero-order valence-corrected chi connectivity index (χ0v) is 49.1. The molecule has 0 aliphatic rings. The summed E-state index contributed by atoms with van der Waals surface area (Å²) < 4.78 is 5.35. The second kappa shape index (κ2) is 49.5. The summed E-state index contributed by atoms with van der Waals surface area (Å²) in [5.74, 6) is 5.60. The van der Waals surface area contributed by atoms with Crippen LogP contribution in [-0.2, 0) is 32.1 Å². The number of unbranched alkanes of at least 4 members (excludes halogenated alkanes) is 7. The molecule has 0 aromatic heterocycles. The van der Waals surface area contributed by atoms with Gasteiger partial charge in [0.15, 0.2) is 0 Å². The number of carbonyl (C=O) groups is 3. The Morgan fingerprint density at radius 2 is 1.41 bits per heavy atom. The largest absolute Gasteiger partial charge is 0.461 e. The first kappa shape index (κ1) is 73.0. The number of aliphatic imine (C=N–C) groups is 1. The first-order chi connectivity index (χ1) is 36.2. The van der Waals surface area contributed by atoms with Crippen LogP contribution in [0.4, 0.5) is 0 Å². The van der Waals surface area contributed by atoms with E-state index in [-0.39, 0.29) is 11.8 Å². The molecule has 75 heavy (non-hydrogen) atoms. The monoisotopic (exact) mass is 1070 g/mol. The van der Waals surface area contributed by atoms with Gasteiger partial charge in [0, 0.05) is 51.2 Å². The summed E-state index contributed by atoms with van der Waals surface area (Å²) in [7, 11) is -1.47. The molecular weight excluding hydrogens is 960 g/mol. The SMILES string of the molecule is C=C(CC)CNC.C=CC(CCC(=O)CCCCCCCCCN=C/C(CCc1ccc(C(NCc2ccccc2)P(=C)(O)O)cc1)=N\N)NCC.CC.CCCCC(=O)CNCCC(CC)(CCNCC)OC=O. The van der Waals surface area contributed by atoms with Crippen molar-refractivity contribution >= 4 is 43.6 Å². The van der Waals surface area contributed by atoms with E-state index in [1.165, 1.54) is 24.8 Å². The van der Waals surface area contributed by atoms with Crippen LogP contribution in [0.2, 0.25) is 0 Å². The van der Waals surface area contributed by atoms with Crippen LogP contribution in [-0.4, -0.2) is 111 Å². The number of ether oxygens (including phenoxy) is 1. The van der Waals surface area contributed by atoms with Gasteiger partial charge in [0.2, 0.25) is 0 Å². The van der Waals surface area contributed by atoms with Crippen LogP contribution in [0.3, 0.4) is 0 Å². The van der Waals surface area contributed by atoms with E-state index < -0.39 is 18.7 Å².